The van der Waals surface area contributed by atoms with Gasteiger partial charge in [-0.05, 0) is 54.1 Å². The van der Waals surface area contributed by atoms with E-state index in [1.54, 1.807) is 24.3 Å². The van der Waals surface area contributed by atoms with E-state index in [0.717, 1.165) is 12.1 Å². The molecule has 9 heteroatoms. The topological polar surface area (TPSA) is 71.1 Å². The second-order valence-electron chi connectivity index (χ2n) is 6.34. The molecule has 0 aliphatic heterocycles. The van der Waals surface area contributed by atoms with Gasteiger partial charge in [0.15, 0.2) is 0 Å². The van der Waals surface area contributed by atoms with Gasteiger partial charge in [0, 0.05) is 23.5 Å². The third kappa shape index (κ3) is 6.42. The highest BCUT2D eigenvalue weighted by atomic mass is 35.5. The number of rotatable bonds is 5. The summed E-state index contributed by atoms with van der Waals surface area (Å²) >= 11 is 5.74. The summed E-state index contributed by atoms with van der Waals surface area (Å²) in [6.45, 7) is 0. The number of nitrogens with one attached hydrogen (secondary N) is 2. The molecule has 0 aliphatic carbocycles. The molecule has 2 aromatic carbocycles. The molecule has 0 aliphatic rings. The Morgan fingerprint density at radius 3 is 2.45 bits per heavy atom. The summed E-state index contributed by atoms with van der Waals surface area (Å²) < 4.78 is 38.5. The van der Waals surface area contributed by atoms with Gasteiger partial charge in [-0.3, -0.25) is 9.59 Å². The highest BCUT2D eigenvalue weighted by Gasteiger charge is 2.30. The van der Waals surface area contributed by atoms with Crippen LogP contribution in [0.15, 0.2) is 72.9 Å². The van der Waals surface area contributed by atoms with Crippen LogP contribution in [-0.2, 0) is 11.0 Å². The summed E-state index contributed by atoms with van der Waals surface area (Å²) in [4.78, 5) is 28.4. The van der Waals surface area contributed by atoms with Gasteiger partial charge >= 0.3 is 6.18 Å². The van der Waals surface area contributed by atoms with E-state index in [9.17, 15) is 22.8 Å². The summed E-state index contributed by atoms with van der Waals surface area (Å²) in [5.74, 6) is -0.689. The predicted octanol–water partition coefficient (Wildman–Crippen LogP) is 5.66. The van der Waals surface area contributed by atoms with Crippen molar-refractivity contribution < 1.29 is 22.8 Å². The van der Waals surface area contributed by atoms with E-state index < -0.39 is 23.6 Å². The fourth-order valence-electron chi connectivity index (χ4n) is 2.55. The summed E-state index contributed by atoms with van der Waals surface area (Å²) in [6.07, 6.45) is -0.354. The highest BCUT2D eigenvalue weighted by molar-refractivity contribution is 6.30. The standard InChI is InChI=1S/C22H15ClF3N3O2/c23-17-8-9-19(27-13-17)29-20(30)10-7-14-3-1-4-15(11-14)21(31)28-18-6-2-5-16(12-18)22(24,25)26/h1-13H,(H,28,31)(H,27,29,30). The van der Waals surface area contributed by atoms with Crippen molar-refractivity contribution in [1.82, 2.24) is 4.98 Å². The highest BCUT2D eigenvalue weighted by Crippen LogP contribution is 2.30. The molecule has 0 bridgehead atoms. The summed E-state index contributed by atoms with van der Waals surface area (Å²) in [5.41, 5.74) is -0.0611. The molecule has 0 unspecified atom stereocenters. The first-order chi connectivity index (χ1) is 14.7. The zero-order valence-corrected chi connectivity index (χ0v) is 16.5. The normalized spacial score (nSPS) is 11.4. The third-order valence-corrected chi connectivity index (χ3v) is 4.23. The first-order valence-electron chi connectivity index (χ1n) is 8.90. The second kappa shape index (κ2) is 9.44. The zero-order valence-electron chi connectivity index (χ0n) is 15.8. The molecule has 158 valence electrons. The number of benzene rings is 2. The Morgan fingerprint density at radius 1 is 0.968 bits per heavy atom. The van der Waals surface area contributed by atoms with E-state index in [0.29, 0.717) is 16.4 Å². The molecule has 2 amide bonds. The molecule has 0 spiro atoms. The van der Waals surface area contributed by atoms with Crippen molar-refractivity contribution >= 4 is 41.0 Å². The number of hydrogen-bond donors (Lipinski definition) is 2. The fourth-order valence-corrected chi connectivity index (χ4v) is 2.66. The first kappa shape index (κ1) is 22.0. The number of halogens is 4. The van der Waals surface area contributed by atoms with Crippen LogP contribution in [0, 0.1) is 0 Å². The molecule has 2 N–H and O–H groups in total. The summed E-state index contributed by atoms with van der Waals surface area (Å²) in [7, 11) is 0. The van der Waals surface area contributed by atoms with Crippen LogP contribution in [0.2, 0.25) is 5.02 Å². The van der Waals surface area contributed by atoms with E-state index in [1.807, 2.05) is 0 Å². The Labute approximate surface area is 180 Å². The molecule has 1 aromatic heterocycles. The minimum absolute atomic E-state index is 0.0237. The van der Waals surface area contributed by atoms with Gasteiger partial charge in [-0.15, -0.1) is 0 Å². The molecule has 0 saturated heterocycles. The van der Waals surface area contributed by atoms with Gasteiger partial charge in [-0.1, -0.05) is 29.8 Å². The fraction of sp³-hybridized carbons (Fsp3) is 0.0455. The number of nitrogens with zero attached hydrogens (tertiary/aromatic N) is 1. The van der Waals surface area contributed by atoms with Crippen molar-refractivity contribution in [2.24, 2.45) is 0 Å². The van der Waals surface area contributed by atoms with Gasteiger partial charge in [0.2, 0.25) is 5.91 Å². The minimum Gasteiger partial charge on any atom is -0.322 e. The molecular weight excluding hydrogens is 431 g/mol. The van der Waals surface area contributed by atoms with Crippen LogP contribution in [0.1, 0.15) is 21.5 Å². The lowest BCUT2D eigenvalue weighted by molar-refractivity contribution is -0.137. The van der Waals surface area contributed by atoms with Crippen LogP contribution in [0.5, 0.6) is 0 Å². The van der Waals surface area contributed by atoms with Gasteiger partial charge < -0.3 is 10.6 Å². The Balaban J connectivity index is 1.66. The Kier molecular flexibility index (Phi) is 6.71. The van der Waals surface area contributed by atoms with Gasteiger partial charge in [-0.2, -0.15) is 13.2 Å². The predicted molar refractivity (Wildman–Crippen MR) is 113 cm³/mol. The Bertz CT molecular complexity index is 1130. The van der Waals surface area contributed by atoms with Crippen LogP contribution in [0.4, 0.5) is 24.7 Å². The Hall–Kier alpha value is -3.65. The molecule has 0 saturated carbocycles. The maximum Gasteiger partial charge on any atom is 0.416 e. The number of aromatic nitrogens is 1. The number of carbonyl (C=O) groups is 2. The quantitative estimate of drug-likeness (QED) is 0.498. The molecule has 0 fully saturated rings. The molecule has 31 heavy (non-hydrogen) atoms. The molecule has 5 nitrogen and oxygen atoms in total. The zero-order chi connectivity index (χ0) is 22.4. The first-order valence-corrected chi connectivity index (χ1v) is 9.28. The van der Waals surface area contributed by atoms with E-state index in [1.165, 1.54) is 42.6 Å². The van der Waals surface area contributed by atoms with Crippen LogP contribution < -0.4 is 10.6 Å². The SMILES string of the molecule is O=C(C=Cc1cccc(C(=O)Nc2cccc(C(F)(F)F)c2)c1)Nc1ccc(Cl)cn1. The van der Waals surface area contributed by atoms with E-state index in [2.05, 4.69) is 15.6 Å². The minimum atomic E-state index is -4.51. The van der Waals surface area contributed by atoms with Gasteiger partial charge in [0.05, 0.1) is 10.6 Å². The van der Waals surface area contributed by atoms with E-state index in [4.69, 9.17) is 11.6 Å². The monoisotopic (exact) mass is 445 g/mol. The summed E-state index contributed by atoms with van der Waals surface area (Å²) in [5, 5.41) is 5.44. The van der Waals surface area contributed by atoms with Crippen molar-refractivity contribution in [3.05, 3.63) is 94.6 Å². The smallest absolute Gasteiger partial charge is 0.322 e. The van der Waals surface area contributed by atoms with Gasteiger partial charge in [0.1, 0.15) is 5.82 Å². The van der Waals surface area contributed by atoms with Gasteiger partial charge in [0.25, 0.3) is 5.91 Å². The maximum absolute atomic E-state index is 12.8. The van der Waals surface area contributed by atoms with Gasteiger partial charge in [-0.25, -0.2) is 4.98 Å². The van der Waals surface area contributed by atoms with E-state index >= 15 is 0 Å². The second-order valence-corrected chi connectivity index (χ2v) is 6.78. The molecule has 0 atom stereocenters. The molecule has 3 aromatic rings. The van der Waals surface area contributed by atoms with Crippen molar-refractivity contribution in [3.8, 4) is 0 Å². The number of carbonyl (C=O) groups excluding carboxylic acids is 2. The van der Waals surface area contributed by atoms with Crippen molar-refractivity contribution in [1.29, 1.82) is 0 Å². The third-order valence-electron chi connectivity index (χ3n) is 4.00. The van der Waals surface area contributed by atoms with Crippen molar-refractivity contribution in [3.63, 3.8) is 0 Å². The van der Waals surface area contributed by atoms with Crippen molar-refractivity contribution in [2.75, 3.05) is 10.6 Å². The van der Waals surface area contributed by atoms with Crippen molar-refractivity contribution in [2.45, 2.75) is 6.18 Å². The molecule has 3 rings (SSSR count). The number of anilines is 2. The molecule has 1 heterocycles. The maximum atomic E-state index is 12.8. The average molecular weight is 446 g/mol. The summed E-state index contributed by atoms with van der Waals surface area (Å²) in [6, 6.07) is 13.8. The number of amides is 2. The lowest BCUT2D eigenvalue weighted by Gasteiger charge is -2.10. The molecular formula is C22H15ClF3N3O2. The Morgan fingerprint density at radius 2 is 1.74 bits per heavy atom. The number of alkyl halides is 3. The van der Waals surface area contributed by atoms with E-state index in [-0.39, 0.29) is 11.3 Å². The lowest BCUT2D eigenvalue weighted by Crippen LogP contribution is -2.13. The largest absolute Gasteiger partial charge is 0.416 e. The van der Waals surface area contributed by atoms with Crippen LogP contribution in [0.3, 0.4) is 0 Å². The van der Waals surface area contributed by atoms with Crippen LogP contribution in [-0.4, -0.2) is 16.8 Å². The number of hydrogen-bond acceptors (Lipinski definition) is 3. The van der Waals surface area contributed by atoms with Crippen LogP contribution in [0.25, 0.3) is 6.08 Å². The van der Waals surface area contributed by atoms with Crippen LogP contribution >= 0.6 is 11.6 Å². The molecule has 0 radical (unpaired) electrons. The number of pyridine rings is 1. The lowest BCUT2D eigenvalue weighted by atomic mass is 10.1. The average Bonchev–Trinajstić information content (AvgIpc) is 2.74.